The lowest BCUT2D eigenvalue weighted by molar-refractivity contribution is 0.102. The number of carbonyl (C=O) groups excluding carboxylic acids is 1. The van der Waals surface area contributed by atoms with Crippen LogP contribution in [0.2, 0.25) is 0 Å². The van der Waals surface area contributed by atoms with Gasteiger partial charge in [0.2, 0.25) is 5.89 Å². The highest BCUT2D eigenvalue weighted by molar-refractivity contribution is 6.05. The quantitative estimate of drug-likeness (QED) is 0.469. The fraction of sp³-hybridized carbons (Fsp3) is 0.160. The van der Waals surface area contributed by atoms with Crippen molar-refractivity contribution in [2.45, 2.75) is 25.9 Å². The molecule has 9 heteroatoms. The Morgan fingerprint density at radius 3 is 2.76 bits per heavy atom. The van der Waals surface area contributed by atoms with Crippen molar-refractivity contribution in [1.82, 2.24) is 15.0 Å². The normalized spacial score (nSPS) is 13.6. The van der Waals surface area contributed by atoms with Crippen LogP contribution in [-0.4, -0.2) is 26.5 Å². The third-order valence-corrected chi connectivity index (χ3v) is 5.41. The van der Waals surface area contributed by atoms with Crippen molar-refractivity contribution in [3.05, 3.63) is 72.0 Å². The molecule has 9 nitrogen and oxygen atoms in total. The van der Waals surface area contributed by atoms with Crippen molar-refractivity contribution in [3.8, 4) is 34.4 Å². The molecule has 0 saturated heterocycles. The molecule has 168 valence electrons. The topological polar surface area (TPSA) is 140 Å². The third kappa shape index (κ3) is 4.04. The number of pyridine rings is 2. The molecule has 4 heterocycles. The van der Waals surface area contributed by atoms with E-state index in [2.05, 4.69) is 20.3 Å². The highest BCUT2D eigenvalue weighted by Gasteiger charge is 2.31. The Bertz CT molecular complexity index is 1450. The Hall–Kier alpha value is -4.71. The molecule has 1 amide bonds. The lowest BCUT2D eigenvalue weighted by atomic mass is 9.97. The SMILES string of the molecule is CC1(C)Cc2cc(NC(=O)c3coc(-c4ccnc(N)c4)n3)c(-c3ccc(C#N)nc3)cc2O1. The van der Waals surface area contributed by atoms with Gasteiger partial charge in [-0.2, -0.15) is 5.26 Å². The number of amides is 1. The lowest BCUT2D eigenvalue weighted by Crippen LogP contribution is -2.24. The molecule has 1 aromatic carbocycles. The molecule has 0 atom stereocenters. The number of fused-ring (bicyclic) bond motifs is 1. The van der Waals surface area contributed by atoms with Gasteiger partial charge in [-0.05, 0) is 50.2 Å². The molecule has 1 aliphatic heterocycles. The number of hydrogen-bond donors (Lipinski definition) is 2. The van der Waals surface area contributed by atoms with E-state index in [1.807, 2.05) is 32.0 Å². The summed E-state index contributed by atoms with van der Waals surface area (Å²) in [5, 5.41) is 12.0. The van der Waals surface area contributed by atoms with E-state index >= 15 is 0 Å². The van der Waals surface area contributed by atoms with E-state index in [0.29, 0.717) is 34.7 Å². The second-order valence-electron chi connectivity index (χ2n) is 8.55. The molecule has 0 unspecified atom stereocenters. The maximum atomic E-state index is 13.1. The van der Waals surface area contributed by atoms with E-state index in [4.69, 9.17) is 20.1 Å². The molecule has 0 saturated carbocycles. The molecule has 3 N–H and O–H groups in total. The van der Waals surface area contributed by atoms with Crippen LogP contribution in [0.4, 0.5) is 11.5 Å². The van der Waals surface area contributed by atoms with Crippen LogP contribution >= 0.6 is 0 Å². The molecule has 34 heavy (non-hydrogen) atoms. The zero-order valence-corrected chi connectivity index (χ0v) is 18.5. The highest BCUT2D eigenvalue weighted by atomic mass is 16.5. The van der Waals surface area contributed by atoms with Gasteiger partial charge in [-0.15, -0.1) is 0 Å². The molecule has 0 spiro atoms. The smallest absolute Gasteiger partial charge is 0.277 e. The third-order valence-electron chi connectivity index (χ3n) is 5.41. The van der Waals surface area contributed by atoms with Gasteiger partial charge in [0.25, 0.3) is 5.91 Å². The van der Waals surface area contributed by atoms with Gasteiger partial charge >= 0.3 is 0 Å². The minimum absolute atomic E-state index is 0.117. The molecule has 0 aliphatic carbocycles. The van der Waals surface area contributed by atoms with E-state index < -0.39 is 5.91 Å². The number of oxazole rings is 1. The Kier molecular flexibility index (Phi) is 4.98. The number of aromatic nitrogens is 3. The molecule has 4 aromatic rings. The van der Waals surface area contributed by atoms with Crippen LogP contribution in [0.3, 0.4) is 0 Å². The van der Waals surface area contributed by atoms with Crippen molar-refractivity contribution in [2.75, 3.05) is 11.1 Å². The molecule has 0 radical (unpaired) electrons. The summed E-state index contributed by atoms with van der Waals surface area (Å²) in [6, 6.07) is 12.5. The number of nitrogen functional groups attached to an aromatic ring is 1. The number of nitrogens with one attached hydrogen (secondary N) is 1. The predicted octanol–water partition coefficient (Wildman–Crippen LogP) is 4.22. The molecule has 5 rings (SSSR count). The number of hydrogen-bond acceptors (Lipinski definition) is 8. The first kappa shape index (κ1) is 21.2. The van der Waals surface area contributed by atoms with E-state index in [0.717, 1.165) is 16.9 Å². The molecular formula is C25H20N6O3. The van der Waals surface area contributed by atoms with E-state index in [1.165, 1.54) is 6.26 Å². The number of nitriles is 1. The van der Waals surface area contributed by atoms with Gasteiger partial charge in [-0.25, -0.2) is 15.0 Å². The maximum absolute atomic E-state index is 13.1. The van der Waals surface area contributed by atoms with Crippen molar-refractivity contribution in [1.29, 1.82) is 5.26 Å². The van der Waals surface area contributed by atoms with Gasteiger partial charge in [0.05, 0.1) is 0 Å². The fourth-order valence-electron chi connectivity index (χ4n) is 3.89. The largest absolute Gasteiger partial charge is 0.487 e. The van der Waals surface area contributed by atoms with Crippen LogP contribution < -0.4 is 15.8 Å². The van der Waals surface area contributed by atoms with Gasteiger partial charge in [0, 0.05) is 46.8 Å². The zero-order valence-electron chi connectivity index (χ0n) is 18.5. The Morgan fingerprint density at radius 2 is 2.03 bits per heavy atom. The summed E-state index contributed by atoms with van der Waals surface area (Å²) >= 11 is 0. The summed E-state index contributed by atoms with van der Waals surface area (Å²) in [5.74, 6) is 0.907. The number of carbonyl (C=O) groups is 1. The van der Waals surface area contributed by atoms with Crippen molar-refractivity contribution < 1.29 is 13.9 Å². The molecule has 1 aliphatic rings. The molecular weight excluding hydrogens is 432 g/mol. The van der Waals surface area contributed by atoms with Gasteiger partial charge in [-0.1, -0.05) is 0 Å². The Labute approximate surface area is 195 Å². The van der Waals surface area contributed by atoms with Crippen molar-refractivity contribution in [2.24, 2.45) is 0 Å². The minimum atomic E-state index is -0.432. The summed E-state index contributed by atoms with van der Waals surface area (Å²) in [4.78, 5) is 25.5. The van der Waals surface area contributed by atoms with Crippen LogP contribution in [0.5, 0.6) is 5.75 Å². The summed E-state index contributed by atoms with van der Waals surface area (Å²) in [5.41, 5.74) is 9.43. The van der Waals surface area contributed by atoms with Crippen LogP contribution in [0.15, 0.2) is 59.5 Å². The molecule has 0 bridgehead atoms. The lowest BCUT2D eigenvalue weighted by Gasteiger charge is -2.17. The Balaban J connectivity index is 1.49. The maximum Gasteiger partial charge on any atom is 0.277 e. The number of rotatable bonds is 4. The minimum Gasteiger partial charge on any atom is -0.487 e. The van der Waals surface area contributed by atoms with Gasteiger partial charge in [0.15, 0.2) is 5.69 Å². The zero-order chi connectivity index (χ0) is 23.9. The second-order valence-corrected chi connectivity index (χ2v) is 8.55. The number of nitrogens with two attached hydrogens (primary N) is 1. The highest BCUT2D eigenvalue weighted by Crippen LogP contribution is 2.41. The number of ether oxygens (including phenoxy) is 1. The average molecular weight is 452 g/mol. The summed E-state index contributed by atoms with van der Waals surface area (Å²) in [7, 11) is 0. The second kappa shape index (κ2) is 8.01. The average Bonchev–Trinajstić information content (AvgIpc) is 3.42. The summed E-state index contributed by atoms with van der Waals surface area (Å²) in [6.45, 7) is 4.02. The number of benzene rings is 1. The fourth-order valence-corrected chi connectivity index (χ4v) is 3.89. The molecule has 0 fully saturated rings. The van der Waals surface area contributed by atoms with Crippen molar-refractivity contribution >= 4 is 17.4 Å². The standard InChI is InChI=1S/C25H20N6O3/c1-25(2)10-16-7-19(18(9-21(16)34-25)15-3-4-17(11-26)29-12-15)30-23(32)20-13-33-24(31-20)14-5-6-28-22(27)8-14/h3-9,12-13H,10H2,1-2H3,(H2,27,28)(H,30,32). The Morgan fingerprint density at radius 1 is 1.18 bits per heavy atom. The van der Waals surface area contributed by atoms with E-state index in [9.17, 15) is 4.79 Å². The number of nitrogens with zero attached hydrogens (tertiary/aromatic N) is 4. The summed E-state index contributed by atoms with van der Waals surface area (Å²) < 4.78 is 11.6. The molecule has 3 aromatic heterocycles. The first-order valence-corrected chi connectivity index (χ1v) is 10.5. The first-order valence-electron chi connectivity index (χ1n) is 10.5. The van der Waals surface area contributed by atoms with Gasteiger partial charge in [-0.3, -0.25) is 4.79 Å². The van der Waals surface area contributed by atoms with Gasteiger partial charge in [0.1, 0.15) is 35.2 Å². The first-order chi connectivity index (χ1) is 16.3. The van der Waals surface area contributed by atoms with Crippen LogP contribution in [0.1, 0.15) is 35.6 Å². The van der Waals surface area contributed by atoms with Crippen LogP contribution in [-0.2, 0) is 6.42 Å². The van der Waals surface area contributed by atoms with E-state index in [-0.39, 0.29) is 17.2 Å². The monoisotopic (exact) mass is 452 g/mol. The summed E-state index contributed by atoms with van der Waals surface area (Å²) in [6.07, 6.45) is 5.14. The van der Waals surface area contributed by atoms with Crippen LogP contribution in [0.25, 0.3) is 22.6 Å². The van der Waals surface area contributed by atoms with Crippen LogP contribution in [0, 0.1) is 11.3 Å². The number of anilines is 2. The predicted molar refractivity (Wildman–Crippen MR) is 125 cm³/mol. The van der Waals surface area contributed by atoms with Gasteiger partial charge < -0.3 is 20.2 Å². The van der Waals surface area contributed by atoms with E-state index in [1.54, 1.807) is 36.7 Å². The van der Waals surface area contributed by atoms with Crippen molar-refractivity contribution in [3.63, 3.8) is 0 Å².